The van der Waals surface area contributed by atoms with Crippen molar-refractivity contribution in [1.82, 2.24) is 4.98 Å². The van der Waals surface area contributed by atoms with Crippen LogP contribution in [0.4, 0.5) is 17.6 Å². The molecule has 0 unspecified atom stereocenters. The van der Waals surface area contributed by atoms with Crippen molar-refractivity contribution >= 4 is 0 Å². The number of ether oxygens (including phenoxy) is 1. The van der Waals surface area contributed by atoms with Crippen molar-refractivity contribution in [2.45, 2.75) is 13.3 Å². The maximum absolute atomic E-state index is 14.0. The first kappa shape index (κ1) is 15.6. The minimum atomic E-state index is -5.04. The van der Waals surface area contributed by atoms with Crippen molar-refractivity contribution in [3.63, 3.8) is 0 Å². The normalized spacial score (nSPS) is 11.1. The van der Waals surface area contributed by atoms with Gasteiger partial charge in [0.15, 0.2) is 0 Å². The van der Waals surface area contributed by atoms with Crippen LogP contribution in [-0.2, 0) is 0 Å². The van der Waals surface area contributed by atoms with Crippen LogP contribution in [0.15, 0.2) is 29.1 Å². The highest BCUT2D eigenvalue weighted by Crippen LogP contribution is 2.36. The smallest absolute Gasteiger partial charge is 0.405 e. The average molecular weight is 312 g/mol. The third kappa shape index (κ3) is 3.09. The fourth-order valence-corrected chi connectivity index (χ4v) is 1.97. The summed E-state index contributed by atoms with van der Waals surface area (Å²) >= 11 is 0. The van der Waals surface area contributed by atoms with E-state index in [2.05, 4.69) is 9.72 Å². The summed E-state index contributed by atoms with van der Waals surface area (Å²) in [5.41, 5.74) is -1.91. The summed E-state index contributed by atoms with van der Waals surface area (Å²) in [5, 5.41) is 9.01. The van der Waals surface area contributed by atoms with Gasteiger partial charge in [-0.15, -0.1) is 13.2 Å². The first-order chi connectivity index (χ1) is 10.2. The fourth-order valence-electron chi connectivity index (χ4n) is 1.97. The van der Waals surface area contributed by atoms with Gasteiger partial charge in [0, 0.05) is 11.3 Å². The number of H-pyrrole nitrogens is 1. The fraction of sp³-hybridized carbons (Fsp3) is 0.143. The molecule has 0 aliphatic carbocycles. The molecule has 114 valence electrons. The predicted molar refractivity (Wildman–Crippen MR) is 68.6 cm³/mol. The molecule has 1 heterocycles. The van der Waals surface area contributed by atoms with Crippen molar-refractivity contribution in [3.8, 4) is 22.9 Å². The number of aromatic amines is 1. The molecule has 2 aromatic rings. The Morgan fingerprint density at radius 3 is 2.59 bits per heavy atom. The summed E-state index contributed by atoms with van der Waals surface area (Å²) in [6.07, 6.45) is -5.04. The number of halogens is 4. The Kier molecular flexibility index (Phi) is 3.91. The van der Waals surface area contributed by atoms with E-state index in [1.807, 2.05) is 0 Å². The molecule has 0 radical (unpaired) electrons. The lowest BCUT2D eigenvalue weighted by Gasteiger charge is -2.15. The Balaban J connectivity index is 2.79. The molecule has 8 heteroatoms. The molecule has 0 aliphatic rings. The van der Waals surface area contributed by atoms with Gasteiger partial charge in [0.25, 0.3) is 5.56 Å². The number of pyridine rings is 1. The first-order valence-corrected chi connectivity index (χ1v) is 5.91. The number of benzene rings is 1. The summed E-state index contributed by atoms with van der Waals surface area (Å²) in [6.45, 7) is 1.46. The van der Waals surface area contributed by atoms with Crippen LogP contribution in [0.25, 0.3) is 11.1 Å². The van der Waals surface area contributed by atoms with Crippen molar-refractivity contribution in [2.24, 2.45) is 0 Å². The molecule has 0 bridgehead atoms. The third-order valence-electron chi connectivity index (χ3n) is 2.75. The molecule has 1 aromatic heterocycles. The lowest BCUT2D eigenvalue weighted by atomic mass is 9.99. The largest absolute Gasteiger partial charge is 0.573 e. The van der Waals surface area contributed by atoms with E-state index in [0.29, 0.717) is 0 Å². The second-order valence-corrected chi connectivity index (χ2v) is 4.34. The number of alkyl halides is 3. The van der Waals surface area contributed by atoms with E-state index in [4.69, 9.17) is 5.26 Å². The van der Waals surface area contributed by atoms with E-state index in [9.17, 15) is 22.4 Å². The molecule has 1 aromatic carbocycles. The van der Waals surface area contributed by atoms with Crippen LogP contribution in [0.3, 0.4) is 0 Å². The lowest BCUT2D eigenvalue weighted by molar-refractivity contribution is -0.274. The van der Waals surface area contributed by atoms with Gasteiger partial charge >= 0.3 is 6.36 Å². The summed E-state index contributed by atoms with van der Waals surface area (Å²) in [6, 6.07) is 5.62. The standard InChI is InChI=1S/C14H8F4N2O2/c1-7-5-8(9(6-19)13(21)20-7)12-10(15)3-2-4-11(12)22-14(16,17)18/h2-5H,1H3,(H,20,21). The van der Waals surface area contributed by atoms with Gasteiger partial charge in [0.05, 0.1) is 5.56 Å². The highest BCUT2D eigenvalue weighted by molar-refractivity contribution is 5.76. The van der Waals surface area contributed by atoms with Gasteiger partial charge in [0.1, 0.15) is 23.2 Å². The highest BCUT2D eigenvalue weighted by Gasteiger charge is 2.33. The summed E-state index contributed by atoms with van der Waals surface area (Å²) in [5.74, 6) is -1.86. The van der Waals surface area contributed by atoms with Crippen LogP contribution >= 0.6 is 0 Å². The van der Waals surface area contributed by atoms with Gasteiger partial charge in [-0.25, -0.2) is 4.39 Å². The number of nitrogens with one attached hydrogen (secondary N) is 1. The maximum Gasteiger partial charge on any atom is 0.573 e. The first-order valence-electron chi connectivity index (χ1n) is 5.91. The summed E-state index contributed by atoms with van der Waals surface area (Å²) in [4.78, 5) is 14.0. The van der Waals surface area contributed by atoms with Crippen molar-refractivity contribution < 1.29 is 22.3 Å². The van der Waals surface area contributed by atoms with E-state index >= 15 is 0 Å². The molecule has 0 saturated heterocycles. The maximum atomic E-state index is 14.0. The zero-order valence-electron chi connectivity index (χ0n) is 11.1. The van der Waals surface area contributed by atoms with Crippen molar-refractivity contribution in [3.05, 3.63) is 51.7 Å². The van der Waals surface area contributed by atoms with Gasteiger partial charge in [0.2, 0.25) is 0 Å². The molecule has 0 saturated carbocycles. The highest BCUT2D eigenvalue weighted by atomic mass is 19.4. The van der Waals surface area contributed by atoms with Crippen LogP contribution in [0.2, 0.25) is 0 Å². The minimum absolute atomic E-state index is 0.263. The van der Waals surface area contributed by atoms with E-state index in [1.165, 1.54) is 13.0 Å². The number of rotatable bonds is 2. The van der Waals surface area contributed by atoms with Gasteiger partial charge in [-0.2, -0.15) is 5.26 Å². The second-order valence-electron chi connectivity index (χ2n) is 4.34. The van der Waals surface area contributed by atoms with Crippen LogP contribution < -0.4 is 10.3 Å². The number of nitriles is 1. The third-order valence-corrected chi connectivity index (χ3v) is 2.75. The molecule has 0 fully saturated rings. The van der Waals surface area contributed by atoms with Crippen LogP contribution in [0.5, 0.6) is 5.75 Å². The van der Waals surface area contributed by atoms with Gasteiger partial charge in [-0.3, -0.25) is 4.79 Å². The predicted octanol–water partition coefficient (Wildman–Crippen LogP) is 3.26. The molecule has 0 amide bonds. The van der Waals surface area contributed by atoms with E-state index in [1.54, 1.807) is 6.07 Å². The number of hydrogen-bond acceptors (Lipinski definition) is 3. The van der Waals surface area contributed by atoms with E-state index in [0.717, 1.165) is 18.2 Å². The summed E-state index contributed by atoms with van der Waals surface area (Å²) < 4.78 is 55.1. The lowest BCUT2D eigenvalue weighted by Crippen LogP contribution is -2.19. The van der Waals surface area contributed by atoms with Gasteiger partial charge < -0.3 is 9.72 Å². The number of hydrogen-bond donors (Lipinski definition) is 1. The molecule has 22 heavy (non-hydrogen) atoms. The van der Waals surface area contributed by atoms with Crippen molar-refractivity contribution in [1.29, 1.82) is 5.26 Å². The minimum Gasteiger partial charge on any atom is -0.405 e. The summed E-state index contributed by atoms with van der Waals surface area (Å²) in [7, 11) is 0. The Hall–Kier alpha value is -2.82. The monoisotopic (exact) mass is 312 g/mol. The SMILES string of the molecule is Cc1cc(-c2c(F)cccc2OC(F)(F)F)c(C#N)c(=O)[nH]1. The topological polar surface area (TPSA) is 65.9 Å². The molecule has 0 aliphatic heterocycles. The number of aromatic nitrogens is 1. The number of aryl methyl sites for hydroxylation is 1. The Bertz CT molecular complexity index is 819. The van der Waals surface area contributed by atoms with Crippen molar-refractivity contribution in [2.75, 3.05) is 0 Å². The molecule has 2 rings (SSSR count). The Labute approximate surface area is 121 Å². The van der Waals surface area contributed by atoms with Crippen LogP contribution in [0.1, 0.15) is 11.3 Å². The van der Waals surface area contributed by atoms with Gasteiger partial charge in [-0.1, -0.05) is 6.07 Å². The zero-order valence-corrected chi connectivity index (χ0v) is 11.1. The second kappa shape index (κ2) is 5.52. The number of nitrogens with zero attached hydrogens (tertiary/aromatic N) is 1. The molecule has 1 N–H and O–H groups in total. The molecular formula is C14H8F4N2O2. The van der Waals surface area contributed by atoms with Crippen LogP contribution in [-0.4, -0.2) is 11.3 Å². The van der Waals surface area contributed by atoms with E-state index in [-0.39, 0.29) is 11.3 Å². The average Bonchev–Trinajstić information content (AvgIpc) is 2.36. The molecule has 0 atom stereocenters. The Morgan fingerprint density at radius 1 is 1.32 bits per heavy atom. The quantitative estimate of drug-likeness (QED) is 0.866. The Morgan fingerprint density at radius 2 is 2.00 bits per heavy atom. The molecular weight excluding hydrogens is 304 g/mol. The molecule has 4 nitrogen and oxygen atoms in total. The molecule has 0 spiro atoms. The van der Waals surface area contributed by atoms with Crippen LogP contribution in [0, 0.1) is 24.1 Å². The van der Waals surface area contributed by atoms with Gasteiger partial charge in [-0.05, 0) is 25.1 Å². The zero-order chi connectivity index (χ0) is 16.5. The van der Waals surface area contributed by atoms with E-state index < -0.39 is 34.6 Å².